The fourth-order valence-corrected chi connectivity index (χ4v) is 2.36. The van der Waals surface area contributed by atoms with E-state index in [9.17, 15) is 15.3 Å². The first-order valence-corrected chi connectivity index (χ1v) is 6.61. The van der Waals surface area contributed by atoms with Gasteiger partial charge in [0.05, 0.1) is 18.2 Å². The van der Waals surface area contributed by atoms with Crippen molar-refractivity contribution in [3.8, 4) is 34.5 Å². The summed E-state index contributed by atoms with van der Waals surface area (Å²) in [4.78, 5) is 21.2. The Hall–Kier alpha value is -3.84. The van der Waals surface area contributed by atoms with Gasteiger partial charge < -0.3 is 15.7 Å². The van der Waals surface area contributed by atoms with Crippen LogP contribution in [0.2, 0.25) is 0 Å². The van der Waals surface area contributed by atoms with Gasteiger partial charge in [-0.1, -0.05) is 24.3 Å². The molecule has 0 atom stereocenters. The number of pyridine rings is 1. The standard InChI is InChI=1S/C16H10N6O/c17-5-11-14(12(6-18)16(23)22-15(11)19)10-3-1-9(2-4-10)13-7-20-8-21-13/h1-4,7-8H,(H,20,21)(H3,19,22,23). The van der Waals surface area contributed by atoms with E-state index in [0.717, 1.165) is 11.3 Å². The topological polar surface area (TPSA) is 135 Å². The smallest absolute Gasteiger partial charge is 0.268 e. The monoisotopic (exact) mass is 302 g/mol. The highest BCUT2D eigenvalue weighted by atomic mass is 16.1. The maximum Gasteiger partial charge on any atom is 0.268 e. The molecule has 0 unspecified atom stereocenters. The molecule has 0 aliphatic rings. The molecule has 23 heavy (non-hydrogen) atoms. The summed E-state index contributed by atoms with van der Waals surface area (Å²) in [5.41, 5.74) is 7.57. The Morgan fingerprint density at radius 1 is 1.04 bits per heavy atom. The number of H-pyrrole nitrogens is 2. The summed E-state index contributed by atoms with van der Waals surface area (Å²) >= 11 is 0. The largest absolute Gasteiger partial charge is 0.384 e. The van der Waals surface area contributed by atoms with Crippen LogP contribution in [0.4, 0.5) is 5.82 Å². The molecule has 0 amide bonds. The number of nitrogen functional groups attached to an aromatic ring is 1. The molecule has 0 fully saturated rings. The van der Waals surface area contributed by atoms with Crippen LogP contribution >= 0.6 is 0 Å². The Labute approximate surface area is 130 Å². The van der Waals surface area contributed by atoms with Gasteiger partial charge in [-0.05, 0) is 11.1 Å². The summed E-state index contributed by atoms with van der Waals surface area (Å²) in [6.45, 7) is 0. The lowest BCUT2D eigenvalue weighted by atomic mass is 9.95. The number of nitrogens with zero attached hydrogens (tertiary/aromatic N) is 3. The number of rotatable bonds is 2. The van der Waals surface area contributed by atoms with E-state index in [1.807, 2.05) is 24.3 Å². The Morgan fingerprint density at radius 2 is 1.70 bits per heavy atom. The number of imidazole rings is 1. The van der Waals surface area contributed by atoms with Gasteiger partial charge in [-0.2, -0.15) is 10.5 Å². The summed E-state index contributed by atoms with van der Waals surface area (Å²) in [6, 6.07) is 10.9. The molecular formula is C16H10N6O. The molecule has 3 aromatic rings. The number of aromatic amines is 2. The number of hydrogen-bond acceptors (Lipinski definition) is 5. The van der Waals surface area contributed by atoms with Crippen molar-refractivity contribution < 1.29 is 0 Å². The van der Waals surface area contributed by atoms with Gasteiger partial charge in [-0.25, -0.2) is 4.98 Å². The highest BCUT2D eigenvalue weighted by Gasteiger charge is 2.18. The van der Waals surface area contributed by atoms with Crippen molar-refractivity contribution in [1.82, 2.24) is 15.0 Å². The number of benzene rings is 1. The SMILES string of the molecule is N#Cc1c(N)[nH]c(=O)c(C#N)c1-c1ccc(-c2cnc[nH]2)cc1. The highest BCUT2D eigenvalue weighted by Crippen LogP contribution is 2.29. The first-order chi connectivity index (χ1) is 11.2. The van der Waals surface area contributed by atoms with E-state index in [1.165, 1.54) is 0 Å². The fraction of sp³-hybridized carbons (Fsp3) is 0. The van der Waals surface area contributed by atoms with Crippen LogP contribution in [0.5, 0.6) is 0 Å². The van der Waals surface area contributed by atoms with E-state index in [-0.39, 0.29) is 22.5 Å². The third-order valence-corrected chi connectivity index (χ3v) is 3.45. The Kier molecular flexibility index (Phi) is 3.38. The summed E-state index contributed by atoms with van der Waals surface area (Å²) in [5, 5.41) is 18.5. The average Bonchev–Trinajstić information content (AvgIpc) is 3.09. The molecule has 0 saturated heterocycles. The zero-order valence-corrected chi connectivity index (χ0v) is 11.8. The lowest BCUT2D eigenvalue weighted by Gasteiger charge is -2.09. The van der Waals surface area contributed by atoms with Gasteiger partial charge in [-0.3, -0.25) is 4.79 Å². The zero-order valence-electron chi connectivity index (χ0n) is 11.8. The molecular weight excluding hydrogens is 292 g/mol. The molecule has 2 aromatic heterocycles. The van der Waals surface area contributed by atoms with E-state index < -0.39 is 5.56 Å². The minimum Gasteiger partial charge on any atom is -0.384 e. The summed E-state index contributed by atoms with van der Waals surface area (Å²) in [5.74, 6) is -0.0517. The first kappa shape index (κ1) is 14.1. The predicted molar refractivity (Wildman–Crippen MR) is 83.9 cm³/mol. The Morgan fingerprint density at radius 3 is 2.26 bits per heavy atom. The van der Waals surface area contributed by atoms with E-state index in [2.05, 4.69) is 15.0 Å². The number of aromatic nitrogens is 3. The lowest BCUT2D eigenvalue weighted by molar-refractivity contribution is 1.21. The molecule has 1 aromatic carbocycles. The molecule has 0 aliphatic carbocycles. The predicted octanol–water partition coefficient (Wildman–Crippen LogP) is 1.76. The van der Waals surface area contributed by atoms with Gasteiger partial charge in [0.2, 0.25) is 0 Å². The van der Waals surface area contributed by atoms with E-state index in [4.69, 9.17) is 5.73 Å². The van der Waals surface area contributed by atoms with Crippen LogP contribution in [0, 0.1) is 22.7 Å². The van der Waals surface area contributed by atoms with Crippen LogP contribution in [0.15, 0.2) is 41.6 Å². The highest BCUT2D eigenvalue weighted by molar-refractivity contribution is 5.81. The summed E-state index contributed by atoms with van der Waals surface area (Å²) in [6.07, 6.45) is 3.25. The maximum absolute atomic E-state index is 11.9. The van der Waals surface area contributed by atoms with E-state index in [1.54, 1.807) is 24.7 Å². The van der Waals surface area contributed by atoms with E-state index in [0.29, 0.717) is 5.56 Å². The van der Waals surface area contributed by atoms with Crippen LogP contribution in [-0.2, 0) is 0 Å². The first-order valence-electron chi connectivity index (χ1n) is 6.61. The van der Waals surface area contributed by atoms with Gasteiger partial charge in [0.1, 0.15) is 29.1 Å². The zero-order chi connectivity index (χ0) is 16.4. The number of nitrogens with one attached hydrogen (secondary N) is 2. The van der Waals surface area contributed by atoms with Crippen LogP contribution in [0.25, 0.3) is 22.4 Å². The Bertz CT molecular complexity index is 1000. The minimum atomic E-state index is -0.614. The van der Waals surface area contributed by atoms with Crippen molar-refractivity contribution in [2.45, 2.75) is 0 Å². The number of anilines is 1. The molecule has 0 aliphatic heterocycles. The van der Waals surface area contributed by atoms with Crippen molar-refractivity contribution >= 4 is 5.82 Å². The van der Waals surface area contributed by atoms with Crippen molar-refractivity contribution in [2.75, 3.05) is 5.73 Å². The average molecular weight is 302 g/mol. The molecule has 7 nitrogen and oxygen atoms in total. The Balaban J connectivity index is 2.21. The third kappa shape index (κ3) is 2.33. The second-order valence-electron chi connectivity index (χ2n) is 4.76. The molecule has 0 bridgehead atoms. The van der Waals surface area contributed by atoms with Crippen molar-refractivity contribution in [1.29, 1.82) is 10.5 Å². The van der Waals surface area contributed by atoms with Gasteiger partial charge in [0.15, 0.2) is 0 Å². The van der Waals surface area contributed by atoms with Crippen LogP contribution in [0.3, 0.4) is 0 Å². The summed E-state index contributed by atoms with van der Waals surface area (Å²) in [7, 11) is 0. The second kappa shape index (κ2) is 5.51. The summed E-state index contributed by atoms with van der Waals surface area (Å²) < 4.78 is 0. The quantitative estimate of drug-likeness (QED) is 0.662. The fourth-order valence-electron chi connectivity index (χ4n) is 2.36. The second-order valence-corrected chi connectivity index (χ2v) is 4.76. The normalized spacial score (nSPS) is 10.0. The molecule has 7 heteroatoms. The lowest BCUT2D eigenvalue weighted by Crippen LogP contribution is -2.16. The molecule has 4 N–H and O–H groups in total. The van der Waals surface area contributed by atoms with Gasteiger partial charge in [0, 0.05) is 5.56 Å². The molecule has 0 radical (unpaired) electrons. The molecule has 0 spiro atoms. The van der Waals surface area contributed by atoms with E-state index >= 15 is 0 Å². The minimum absolute atomic E-state index is 0.0517. The van der Waals surface area contributed by atoms with Crippen molar-refractivity contribution in [3.05, 3.63) is 58.3 Å². The van der Waals surface area contributed by atoms with Crippen LogP contribution in [-0.4, -0.2) is 15.0 Å². The van der Waals surface area contributed by atoms with Crippen LogP contribution in [0.1, 0.15) is 11.1 Å². The molecule has 0 saturated carbocycles. The van der Waals surface area contributed by atoms with Crippen molar-refractivity contribution in [2.24, 2.45) is 0 Å². The van der Waals surface area contributed by atoms with Gasteiger partial charge in [0.25, 0.3) is 5.56 Å². The third-order valence-electron chi connectivity index (χ3n) is 3.45. The molecule has 110 valence electrons. The van der Waals surface area contributed by atoms with Gasteiger partial charge in [-0.15, -0.1) is 0 Å². The van der Waals surface area contributed by atoms with Crippen molar-refractivity contribution in [3.63, 3.8) is 0 Å². The molecule has 3 rings (SSSR count). The van der Waals surface area contributed by atoms with Gasteiger partial charge >= 0.3 is 0 Å². The number of nitrogens with two attached hydrogens (primary N) is 1. The number of nitriles is 2. The number of hydrogen-bond donors (Lipinski definition) is 3. The van der Waals surface area contributed by atoms with Crippen LogP contribution < -0.4 is 11.3 Å². The maximum atomic E-state index is 11.9. The molecule has 2 heterocycles.